The summed E-state index contributed by atoms with van der Waals surface area (Å²) in [5.41, 5.74) is 7.01. The topological polar surface area (TPSA) is 44.5 Å². The molecule has 3 heteroatoms. The molecule has 1 aliphatic heterocycles. The van der Waals surface area contributed by atoms with Gasteiger partial charge in [0.2, 0.25) is 0 Å². The van der Waals surface area contributed by atoms with Gasteiger partial charge in [0.15, 0.2) is 0 Å². The average Bonchev–Trinajstić information content (AvgIpc) is 2.38. The maximum absolute atomic E-state index is 5.92. The largest absolute Gasteiger partial charge is 0.493 e. The van der Waals surface area contributed by atoms with E-state index in [0.29, 0.717) is 5.92 Å². The zero-order valence-corrected chi connectivity index (χ0v) is 10.4. The SMILES string of the molecule is C[C@@H](N)c1ccccc1OCC1CCOCC1. The molecule has 2 N–H and O–H groups in total. The van der Waals surface area contributed by atoms with Crippen molar-refractivity contribution in [1.29, 1.82) is 0 Å². The Morgan fingerprint density at radius 3 is 2.76 bits per heavy atom. The van der Waals surface area contributed by atoms with Crippen LogP contribution in [-0.2, 0) is 4.74 Å². The molecule has 2 rings (SSSR count). The summed E-state index contributed by atoms with van der Waals surface area (Å²) in [6.07, 6.45) is 2.20. The number of hydrogen-bond donors (Lipinski definition) is 1. The van der Waals surface area contributed by atoms with Gasteiger partial charge in [-0.1, -0.05) is 18.2 Å². The van der Waals surface area contributed by atoms with Crippen molar-refractivity contribution in [2.75, 3.05) is 19.8 Å². The Bertz CT molecular complexity index is 346. The van der Waals surface area contributed by atoms with Gasteiger partial charge in [-0.2, -0.15) is 0 Å². The number of benzene rings is 1. The molecule has 94 valence electrons. The van der Waals surface area contributed by atoms with Crippen LogP contribution in [0.3, 0.4) is 0 Å². The summed E-state index contributed by atoms with van der Waals surface area (Å²) in [4.78, 5) is 0. The molecule has 1 aromatic carbocycles. The van der Waals surface area contributed by atoms with E-state index in [1.165, 1.54) is 0 Å². The number of rotatable bonds is 4. The lowest BCUT2D eigenvalue weighted by molar-refractivity contribution is 0.0496. The third-order valence-electron chi connectivity index (χ3n) is 3.22. The Balaban J connectivity index is 1.93. The minimum Gasteiger partial charge on any atom is -0.493 e. The van der Waals surface area contributed by atoms with Crippen LogP contribution in [0.25, 0.3) is 0 Å². The summed E-state index contributed by atoms with van der Waals surface area (Å²) >= 11 is 0. The Hall–Kier alpha value is -1.06. The highest BCUT2D eigenvalue weighted by molar-refractivity contribution is 5.35. The molecular formula is C14H21NO2. The van der Waals surface area contributed by atoms with E-state index in [1.54, 1.807) is 0 Å². The summed E-state index contributed by atoms with van der Waals surface area (Å²) in [5, 5.41) is 0. The summed E-state index contributed by atoms with van der Waals surface area (Å²) in [6, 6.07) is 8.04. The molecule has 0 unspecified atom stereocenters. The molecule has 17 heavy (non-hydrogen) atoms. The highest BCUT2D eigenvalue weighted by Gasteiger charge is 2.15. The van der Waals surface area contributed by atoms with Gasteiger partial charge >= 0.3 is 0 Å². The Morgan fingerprint density at radius 1 is 1.35 bits per heavy atom. The Morgan fingerprint density at radius 2 is 2.06 bits per heavy atom. The maximum Gasteiger partial charge on any atom is 0.124 e. The first kappa shape index (κ1) is 12.4. The molecule has 0 spiro atoms. The first-order chi connectivity index (χ1) is 8.27. The van der Waals surface area contributed by atoms with E-state index < -0.39 is 0 Å². The second kappa shape index (κ2) is 6.03. The molecule has 0 radical (unpaired) electrons. The van der Waals surface area contributed by atoms with Gasteiger partial charge in [-0.3, -0.25) is 0 Å². The molecule has 0 saturated carbocycles. The lowest BCUT2D eigenvalue weighted by Crippen LogP contribution is -2.22. The van der Waals surface area contributed by atoms with E-state index in [4.69, 9.17) is 15.2 Å². The van der Waals surface area contributed by atoms with Crippen LogP contribution in [0.15, 0.2) is 24.3 Å². The first-order valence-corrected chi connectivity index (χ1v) is 6.32. The van der Waals surface area contributed by atoms with Gasteiger partial charge in [-0.25, -0.2) is 0 Å². The molecule has 3 nitrogen and oxygen atoms in total. The number of para-hydroxylation sites is 1. The van der Waals surface area contributed by atoms with Crippen molar-refractivity contribution in [2.24, 2.45) is 11.7 Å². The highest BCUT2D eigenvalue weighted by Crippen LogP contribution is 2.25. The Kier molecular flexibility index (Phi) is 4.40. The molecule has 1 atom stereocenters. The maximum atomic E-state index is 5.92. The average molecular weight is 235 g/mol. The number of ether oxygens (including phenoxy) is 2. The van der Waals surface area contributed by atoms with Gasteiger partial charge in [0.1, 0.15) is 5.75 Å². The van der Waals surface area contributed by atoms with E-state index >= 15 is 0 Å². The fourth-order valence-corrected chi connectivity index (χ4v) is 2.11. The second-order valence-electron chi connectivity index (χ2n) is 4.69. The first-order valence-electron chi connectivity index (χ1n) is 6.32. The molecule has 0 aromatic heterocycles. The van der Waals surface area contributed by atoms with Gasteiger partial charge in [-0.15, -0.1) is 0 Å². The smallest absolute Gasteiger partial charge is 0.124 e. The summed E-state index contributed by atoms with van der Waals surface area (Å²) < 4.78 is 11.2. The van der Waals surface area contributed by atoms with Crippen LogP contribution >= 0.6 is 0 Å². The normalized spacial score (nSPS) is 18.9. The van der Waals surface area contributed by atoms with Crippen LogP contribution in [0, 0.1) is 5.92 Å². The standard InChI is InChI=1S/C14H21NO2/c1-11(15)13-4-2-3-5-14(13)17-10-12-6-8-16-9-7-12/h2-5,11-12H,6-10,15H2,1H3/t11-/m1/s1. The molecule has 0 amide bonds. The molecule has 1 fully saturated rings. The van der Waals surface area contributed by atoms with Crippen LogP contribution in [0.2, 0.25) is 0 Å². The Labute approximate surface area is 103 Å². The zero-order chi connectivity index (χ0) is 12.1. The van der Waals surface area contributed by atoms with E-state index in [-0.39, 0.29) is 6.04 Å². The summed E-state index contributed by atoms with van der Waals surface area (Å²) in [7, 11) is 0. The lowest BCUT2D eigenvalue weighted by atomic mass is 10.0. The van der Waals surface area contributed by atoms with Crippen molar-refractivity contribution in [3.05, 3.63) is 29.8 Å². The third kappa shape index (κ3) is 3.45. The van der Waals surface area contributed by atoms with Gasteiger partial charge < -0.3 is 15.2 Å². The van der Waals surface area contributed by atoms with E-state index in [0.717, 1.165) is 44.0 Å². The number of nitrogens with two attached hydrogens (primary N) is 1. The van der Waals surface area contributed by atoms with E-state index in [1.807, 2.05) is 31.2 Å². The van der Waals surface area contributed by atoms with Crippen LogP contribution in [0.1, 0.15) is 31.4 Å². The van der Waals surface area contributed by atoms with Crippen molar-refractivity contribution in [1.82, 2.24) is 0 Å². The van der Waals surface area contributed by atoms with Gasteiger partial charge in [0.05, 0.1) is 6.61 Å². The molecule has 1 heterocycles. The molecular weight excluding hydrogens is 214 g/mol. The van der Waals surface area contributed by atoms with Crippen LogP contribution in [0.4, 0.5) is 0 Å². The summed E-state index contributed by atoms with van der Waals surface area (Å²) in [6.45, 7) is 4.48. The predicted molar refractivity (Wildman–Crippen MR) is 68.1 cm³/mol. The summed E-state index contributed by atoms with van der Waals surface area (Å²) in [5.74, 6) is 1.54. The zero-order valence-electron chi connectivity index (χ0n) is 10.4. The third-order valence-corrected chi connectivity index (χ3v) is 3.22. The second-order valence-corrected chi connectivity index (χ2v) is 4.69. The van der Waals surface area contributed by atoms with Crippen molar-refractivity contribution < 1.29 is 9.47 Å². The fourth-order valence-electron chi connectivity index (χ4n) is 2.11. The van der Waals surface area contributed by atoms with Crippen LogP contribution < -0.4 is 10.5 Å². The van der Waals surface area contributed by atoms with Gasteiger partial charge in [0, 0.05) is 24.8 Å². The quantitative estimate of drug-likeness (QED) is 0.872. The molecule has 1 aliphatic rings. The number of hydrogen-bond acceptors (Lipinski definition) is 3. The van der Waals surface area contributed by atoms with E-state index in [9.17, 15) is 0 Å². The highest BCUT2D eigenvalue weighted by atomic mass is 16.5. The van der Waals surface area contributed by atoms with Crippen molar-refractivity contribution >= 4 is 0 Å². The monoisotopic (exact) mass is 235 g/mol. The van der Waals surface area contributed by atoms with Gasteiger partial charge in [0.25, 0.3) is 0 Å². The van der Waals surface area contributed by atoms with Gasteiger partial charge in [-0.05, 0) is 31.7 Å². The van der Waals surface area contributed by atoms with Crippen LogP contribution in [0.5, 0.6) is 5.75 Å². The van der Waals surface area contributed by atoms with Crippen molar-refractivity contribution in [3.8, 4) is 5.75 Å². The van der Waals surface area contributed by atoms with Crippen molar-refractivity contribution in [2.45, 2.75) is 25.8 Å². The molecule has 0 bridgehead atoms. The predicted octanol–water partition coefficient (Wildman–Crippen LogP) is 2.51. The van der Waals surface area contributed by atoms with E-state index in [2.05, 4.69) is 0 Å². The molecule has 0 aliphatic carbocycles. The fraction of sp³-hybridized carbons (Fsp3) is 0.571. The minimum atomic E-state index is 0.0147. The molecule has 1 aromatic rings. The van der Waals surface area contributed by atoms with Crippen molar-refractivity contribution in [3.63, 3.8) is 0 Å². The molecule has 1 saturated heterocycles. The lowest BCUT2D eigenvalue weighted by Gasteiger charge is -2.23. The minimum absolute atomic E-state index is 0.0147. The van der Waals surface area contributed by atoms with Crippen LogP contribution in [-0.4, -0.2) is 19.8 Å².